The average Bonchev–Trinajstić information content (AvgIpc) is 3.21. The highest BCUT2D eigenvalue weighted by Gasteiger charge is 2.24. The summed E-state index contributed by atoms with van der Waals surface area (Å²) in [6, 6.07) is 25.2. The zero-order chi connectivity index (χ0) is 25.8. The van der Waals surface area contributed by atoms with Crippen molar-refractivity contribution in [2.45, 2.75) is 27.0 Å². The van der Waals surface area contributed by atoms with E-state index in [1.165, 1.54) is 11.3 Å². The molecule has 1 amide bonds. The number of piperazine rings is 1. The fraction of sp³-hybridized carbons (Fsp3) is 0.267. The number of nitrogens with zero attached hydrogens (tertiary/aromatic N) is 4. The first-order valence-electron chi connectivity index (χ1n) is 12.6. The molecule has 0 spiro atoms. The summed E-state index contributed by atoms with van der Waals surface area (Å²) in [5.74, 6) is 0.772. The van der Waals surface area contributed by atoms with E-state index < -0.39 is 0 Å². The summed E-state index contributed by atoms with van der Waals surface area (Å²) < 4.78 is 7.87. The molecule has 4 aromatic rings. The van der Waals surface area contributed by atoms with Crippen molar-refractivity contribution in [2.75, 3.05) is 26.2 Å². The molecule has 5 rings (SSSR count). The fourth-order valence-electron chi connectivity index (χ4n) is 4.76. The highest BCUT2D eigenvalue weighted by Crippen LogP contribution is 2.22. The van der Waals surface area contributed by atoms with Crippen LogP contribution in [0.2, 0.25) is 5.02 Å². The minimum Gasteiger partial charge on any atom is -0.489 e. The fourth-order valence-corrected chi connectivity index (χ4v) is 4.94. The number of para-hydroxylation sites is 1. The number of amides is 1. The summed E-state index contributed by atoms with van der Waals surface area (Å²) >= 11 is 6.04. The molecule has 7 heteroatoms. The van der Waals surface area contributed by atoms with Gasteiger partial charge in [-0.3, -0.25) is 9.69 Å². The lowest BCUT2D eigenvalue weighted by atomic mass is 10.1. The molecule has 0 saturated carbocycles. The number of hydrogen-bond acceptors (Lipinski definition) is 4. The van der Waals surface area contributed by atoms with Gasteiger partial charge in [-0.05, 0) is 61.9 Å². The van der Waals surface area contributed by atoms with Crippen molar-refractivity contribution in [3.63, 3.8) is 0 Å². The van der Waals surface area contributed by atoms with Crippen LogP contribution in [0.15, 0.2) is 78.9 Å². The Labute approximate surface area is 223 Å². The Hall–Kier alpha value is -3.61. The van der Waals surface area contributed by atoms with E-state index >= 15 is 0 Å². The summed E-state index contributed by atoms with van der Waals surface area (Å²) in [5.41, 5.74) is 6.19. The Bertz CT molecular complexity index is 1380. The molecule has 1 aliphatic heterocycles. The second-order valence-corrected chi connectivity index (χ2v) is 9.85. The van der Waals surface area contributed by atoms with Crippen LogP contribution in [0, 0.1) is 13.8 Å². The minimum absolute atomic E-state index is 0.0634. The Morgan fingerprint density at radius 3 is 2.43 bits per heavy atom. The monoisotopic (exact) mass is 514 g/mol. The van der Waals surface area contributed by atoms with E-state index in [0.29, 0.717) is 36.0 Å². The maximum Gasteiger partial charge on any atom is 0.253 e. The second kappa shape index (κ2) is 11.2. The van der Waals surface area contributed by atoms with Crippen LogP contribution in [0.25, 0.3) is 5.69 Å². The number of aromatic nitrogens is 2. The van der Waals surface area contributed by atoms with E-state index in [9.17, 15) is 4.79 Å². The van der Waals surface area contributed by atoms with Gasteiger partial charge in [0.15, 0.2) is 0 Å². The number of ether oxygens (including phenoxy) is 1. The smallest absolute Gasteiger partial charge is 0.253 e. The highest BCUT2D eigenvalue weighted by atomic mass is 35.5. The van der Waals surface area contributed by atoms with Crippen molar-refractivity contribution in [3.8, 4) is 11.4 Å². The average molecular weight is 515 g/mol. The van der Waals surface area contributed by atoms with Gasteiger partial charge in [-0.2, -0.15) is 5.10 Å². The van der Waals surface area contributed by atoms with Crippen molar-refractivity contribution in [3.05, 3.63) is 112 Å². The molecule has 6 nitrogen and oxygen atoms in total. The highest BCUT2D eigenvalue weighted by molar-refractivity contribution is 6.30. The molecular formula is C30H31ClN4O2. The van der Waals surface area contributed by atoms with E-state index in [-0.39, 0.29) is 5.91 Å². The summed E-state index contributed by atoms with van der Waals surface area (Å²) in [5, 5.41) is 5.42. The number of halogens is 1. The van der Waals surface area contributed by atoms with Crippen molar-refractivity contribution in [2.24, 2.45) is 0 Å². The van der Waals surface area contributed by atoms with Gasteiger partial charge in [0, 0.05) is 54.6 Å². The van der Waals surface area contributed by atoms with E-state index in [4.69, 9.17) is 21.4 Å². The minimum atomic E-state index is 0.0634. The Kier molecular flexibility index (Phi) is 7.58. The van der Waals surface area contributed by atoms with Gasteiger partial charge >= 0.3 is 0 Å². The molecule has 0 radical (unpaired) electrons. The predicted molar refractivity (Wildman–Crippen MR) is 146 cm³/mol. The van der Waals surface area contributed by atoms with Crippen LogP contribution in [0.5, 0.6) is 5.75 Å². The standard InChI is InChI=1S/C30H31ClN4O2/c1-22-29(23(2)35(32-22)27-11-4-3-5-12-27)20-33-14-16-34(17-15-33)30(36)25-9-6-8-24(18-25)21-37-28-13-7-10-26(31)19-28/h3-13,18-19H,14-17,20-21H2,1-2H3. The molecule has 0 unspecified atom stereocenters. The molecule has 1 fully saturated rings. The van der Waals surface area contributed by atoms with Crippen LogP contribution < -0.4 is 4.74 Å². The van der Waals surface area contributed by atoms with Gasteiger partial charge in [-0.15, -0.1) is 0 Å². The molecule has 0 N–H and O–H groups in total. The molecule has 3 aromatic carbocycles. The first-order valence-corrected chi connectivity index (χ1v) is 12.9. The molecule has 1 saturated heterocycles. The number of benzene rings is 3. The van der Waals surface area contributed by atoms with Crippen LogP contribution >= 0.6 is 11.6 Å². The second-order valence-electron chi connectivity index (χ2n) is 9.41. The molecule has 1 aliphatic rings. The number of aryl methyl sites for hydroxylation is 1. The third-order valence-electron chi connectivity index (χ3n) is 6.86. The van der Waals surface area contributed by atoms with Gasteiger partial charge in [-0.25, -0.2) is 4.68 Å². The first-order chi connectivity index (χ1) is 18.0. The molecule has 0 aliphatic carbocycles. The lowest BCUT2D eigenvalue weighted by molar-refractivity contribution is 0.0627. The van der Waals surface area contributed by atoms with E-state index in [0.717, 1.165) is 36.6 Å². The number of carbonyl (C=O) groups is 1. The van der Waals surface area contributed by atoms with Gasteiger partial charge < -0.3 is 9.64 Å². The Morgan fingerprint density at radius 1 is 0.919 bits per heavy atom. The van der Waals surface area contributed by atoms with Crippen molar-refractivity contribution in [1.29, 1.82) is 0 Å². The summed E-state index contributed by atoms with van der Waals surface area (Å²) in [4.78, 5) is 17.6. The number of rotatable bonds is 7. The maximum atomic E-state index is 13.2. The van der Waals surface area contributed by atoms with Crippen LogP contribution in [0.1, 0.15) is 32.9 Å². The van der Waals surface area contributed by atoms with Crippen molar-refractivity contribution < 1.29 is 9.53 Å². The normalized spacial score (nSPS) is 14.1. The van der Waals surface area contributed by atoms with Gasteiger partial charge in [0.1, 0.15) is 12.4 Å². The molecule has 0 atom stereocenters. The SMILES string of the molecule is Cc1nn(-c2ccccc2)c(C)c1CN1CCN(C(=O)c2cccc(COc3cccc(Cl)c3)c2)CC1. The molecule has 190 valence electrons. The van der Waals surface area contributed by atoms with E-state index in [1.54, 1.807) is 6.07 Å². The van der Waals surface area contributed by atoms with Gasteiger partial charge in [0.05, 0.1) is 11.4 Å². The summed E-state index contributed by atoms with van der Waals surface area (Å²) in [6.45, 7) is 8.49. The molecule has 2 heterocycles. The third-order valence-corrected chi connectivity index (χ3v) is 7.09. The van der Waals surface area contributed by atoms with Crippen LogP contribution in [0.4, 0.5) is 0 Å². The third kappa shape index (κ3) is 5.87. The largest absolute Gasteiger partial charge is 0.489 e. The lowest BCUT2D eigenvalue weighted by Gasteiger charge is -2.35. The zero-order valence-electron chi connectivity index (χ0n) is 21.2. The Balaban J connectivity index is 1.18. The van der Waals surface area contributed by atoms with Crippen LogP contribution in [0.3, 0.4) is 0 Å². The quantitative estimate of drug-likeness (QED) is 0.318. The topological polar surface area (TPSA) is 50.6 Å². The lowest BCUT2D eigenvalue weighted by Crippen LogP contribution is -2.48. The summed E-state index contributed by atoms with van der Waals surface area (Å²) in [7, 11) is 0. The van der Waals surface area contributed by atoms with Gasteiger partial charge in [-0.1, -0.05) is 48.0 Å². The van der Waals surface area contributed by atoms with E-state index in [2.05, 4.69) is 30.9 Å². The first kappa shape index (κ1) is 25.1. The zero-order valence-corrected chi connectivity index (χ0v) is 22.0. The number of carbonyl (C=O) groups excluding carboxylic acids is 1. The molecular weight excluding hydrogens is 484 g/mol. The van der Waals surface area contributed by atoms with Crippen molar-refractivity contribution in [1.82, 2.24) is 19.6 Å². The van der Waals surface area contributed by atoms with Crippen LogP contribution in [-0.4, -0.2) is 51.7 Å². The molecule has 1 aromatic heterocycles. The Morgan fingerprint density at radius 2 is 1.68 bits per heavy atom. The number of hydrogen-bond donors (Lipinski definition) is 0. The van der Waals surface area contributed by atoms with Crippen molar-refractivity contribution >= 4 is 17.5 Å². The molecule has 37 heavy (non-hydrogen) atoms. The van der Waals surface area contributed by atoms with Gasteiger partial charge in [0.2, 0.25) is 0 Å². The van der Waals surface area contributed by atoms with Gasteiger partial charge in [0.25, 0.3) is 5.91 Å². The predicted octanol–water partition coefficient (Wildman–Crippen LogP) is 5.68. The maximum absolute atomic E-state index is 13.2. The van der Waals surface area contributed by atoms with Crippen LogP contribution in [-0.2, 0) is 13.2 Å². The van der Waals surface area contributed by atoms with E-state index in [1.807, 2.05) is 70.2 Å². The molecule has 0 bridgehead atoms. The summed E-state index contributed by atoms with van der Waals surface area (Å²) in [6.07, 6.45) is 0.